The number of carbonyl (C=O) groups is 2. The number of azide groups is 1. The second kappa shape index (κ2) is 27.5. The summed E-state index contributed by atoms with van der Waals surface area (Å²) in [5, 5.41) is 18.2. The third kappa shape index (κ3) is 21.1. The molecule has 0 aromatic heterocycles. The van der Waals surface area contributed by atoms with Crippen molar-refractivity contribution in [1.82, 2.24) is 21.3 Å². The van der Waals surface area contributed by atoms with Crippen molar-refractivity contribution in [3.05, 3.63) is 88.6 Å². The molecular formula is C35H53N11O6. The van der Waals surface area contributed by atoms with E-state index in [1.807, 2.05) is 18.2 Å². The zero-order chi connectivity index (χ0) is 37.7. The van der Waals surface area contributed by atoms with E-state index in [1.54, 1.807) is 36.4 Å². The maximum Gasteiger partial charge on any atom is 0.251 e. The predicted molar refractivity (Wildman–Crippen MR) is 202 cm³/mol. The monoisotopic (exact) mass is 723 g/mol. The highest BCUT2D eigenvalue weighted by atomic mass is 16.5. The zero-order valence-corrected chi connectivity index (χ0v) is 30.1. The number of rotatable bonds is 26. The fraction of sp³-hybridized carbons (Fsp3) is 0.486. The van der Waals surface area contributed by atoms with Gasteiger partial charge in [-0.3, -0.25) is 24.9 Å². The summed E-state index contributed by atoms with van der Waals surface area (Å²) in [6.45, 7) is 13.1. The van der Waals surface area contributed by atoms with E-state index in [0.29, 0.717) is 114 Å². The minimum atomic E-state index is -0.226. The fourth-order valence-corrected chi connectivity index (χ4v) is 4.05. The lowest BCUT2D eigenvalue weighted by molar-refractivity contribution is 0.0511. The Kier molecular flexibility index (Phi) is 22.7. The van der Waals surface area contributed by atoms with Crippen molar-refractivity contribution in [3.63, 3.8) is 0 Å². The molecule has 0 bridgehead atoms. The highest BCUT2D eigenvalue weighted by molar-refractivity contribution is 5.98. The number of carbonyl (C=O) groups excluding carboxylic acids is 2. The van der Waals surface area contributed by atoms with Crippen LogP contribution in [0.15, 0.2) is 82.1 Å². The second-order valence-corrected chi connectivity index (χ2v) is 11.4. The number of hydrogen-bond acceptors (Lipinski definition) is 10. The molecule has 0 radical (unpaired) electrons. The molecule has 17 heteroatoms. The topological polar surface area (TPSA) is 231 Å². The van der Waals surface area contributed by atoms with Gasteiger partial charge >= 0.3 is 0 Å². The number of hydrogen-bond donors (Lipinski definition) is 6. The molecule has 0 unspecified atom stereocenters. The van der Waals surface area contributed by atoms with Gasteiger partial charge in [-0.05, 0) is 54.3 Å². The van der Waals surface area contributed by atoms with Gasteiger partial charge in [0.05, 0.1) is 59.4 Å². The molecule has 2 aromatic rings. The third-order valence-corrected chi connectivity index (χ3v) is 6.69. The first-order valence-electron chi connectivity index (χ1n) is 17.2. The van der Waals surface area contributed by atoms with E-state index in [2.05, 4.69) is 67.0 Å². The van der Waals surface area contributed by atoms with Gasteiger partial charge in [0.1, 0.15) is 5.82 Å². The molecule has 52 heavy (non-hydrogen) atoms. The van der Waals surface area contributed by atoms with Crippen LogP contribution < -0.4 is 32.3 Å². The molecule has 2 aromatic carbocycles. The summed E-state index contributed by atoms with van der Waals surface area (Å²) >= 11 is 0. The van der Waals surface area contributed by atoms with Gasteiger partial charge in [0, 0.05) is 47.9 Å². The Bertz CT molecular complexity index is 1430. The van der Waals surface area contributed by atoms with Gasteiger partial charge < -0.3 is 45.9 Å². The van der Waals surface area contributed by atoms with Crippen LogP contribution in [0.25, 0.3) is 10.4 Å². The molecule has 0 heterocycles. The van der Waals surface area contributed by atoms with Crippen LogP contribution in [0, 0.1) is 5.92 Å². The maximum atomic E-state index is 12.5. The first-order chi connectivity index (χ1) is 25.3. The molecule has 0 saturated carbocycles. The van der Waals surface area contributed by atoms with Crippen molar-refractivity contribution in [2.75, 3.05) is 90.9 Å². The van der Waals surface area contributed by atoms with E-state index in [9.17, 15) is 9.59 Å². The Morgan fingerprint density at radius 3 is 1.88 bits per heavy atom. The summed E-state index contributed by atoms with van der Waals surface area (Å²) in [6.07, 6.45) is 0.878. The Morgan fingerprint density at radius 1 is 0.750 bits per heavy atom. The molecule has 0 fully saturated rings. The maximum absolute atomic E-state index is 12.5. The number of nitrogens with two attached hydrogens (primary N) is 1. The molecule has 0 aliphatic heterocycles. The van der Waals surface area contributed by atoms with Crippen LogP contribution in [-0.4, -0.2) is 109 Å². The smallest absolute Gasteiger partial charge is 0.251 e. The minimum Gasteiger partial charge on any atom is -0.379 e. The number of anilines is 1. The third-order valence-electron chi connectivity index (χ3n) is 6.69. The molecular weight excluding hydrogens is 670 g/mol. The van der Waals surface area contributed by atoms with Crippen molar-refractivity contribution >= 4 is 29.4 Å². The summed E-state index contributed by atoms with van der Waals surface area (Å²) in [7, 11) is 0. The van der Waals surface area contributed by atoms with Crippen LogP contribution >= 0.6 is 0 Å². The van der Waals surface area contributed by atoms with Gasteiger partial charge in [-0.25, -0.2) is 0 Å². The summed E-state index contributed by atoms with van der Waals surface area (Å²) in [5.74, 6) is 1.08. The zero-order valence-electron chi connectivity index (χ0n) is 30.1. The Morgan fingerprint density at radius 2 is 1.31 bits per heavy atom. The van der Waals surface area contributed by atoms with Gasteiger partial charge in [0.2, 0.25) is 5.96 Å². The summed E-state index contributed by atoms with van der Waals surface area (Å²) in [5.41, 5.74) is 16.1. The van der Waals surface area contributed by atoms with Crippen molar-refractivity contribution in [1.29, 1.82) is 0 Å². The van der Waals surface area contributed by atoms with Crippen molar-refractivity contribution in [3.8, 4) is 0 Å². The largest absolute Gasteiger partial charge is 0.379 e. The van der Waals surface area contributed by atoms with Crippen LogP contribution in [0.5, 0.6) is 0 Å². The summed E-state index contributed by atoms with van der Waals surface area (Å²) in [4.78, 5) is 36.0. The average Bonchev–Trinajstić information content (AvgIpc) is 3.13. The molecule has 17 nitrogen and oxygen atoms in total. The lowest BCUT2D eigenvalue weighted by Gasteiger charge is -2.16. The number of nitrogens with zero attached hydrogens (tertiary/aromatic N) is 5. The van der Waals surface area contributed by atoms with E-state index in [4.69, 9.17) is 30.2 Å². The van der Waals surface area contributed by atoms with Crippen molar-refractivity contribution in [2.24, 2.45) is 26.8 Å². The SMILES string of the molecule is C=C(NC(=NCCC(C)C)NC(N)=NCCOCCOCCNC(=O)c1ccccc1)Nc1ccc(C(=O)NCCOCCOCCN=[N+]=[N-])cc1. The number of benzene rings is 2. The molecule has 0 aliphatic rings. The van der Waals surface area contributed by atoms with Gasteiger partial charge in [-0.1, -0.05) is 43.7 Å². The fourth-order valence-electron chi connectivity index (χ4n) is 4.05. The van der Waals surface area contributed by atoms with Crippen molar-refractivity contribution in [2.45, 2.75) is 20.3 Å². The van der Waals surface area contributed by atoms with Crippen LogP contribution in [0.2, 0.25) is 0 Å². The van der Waals surface area contributed by atoms with Gasteiger partial charge in [-0.2, -0.15) is 0 Å². The average molecular weight is 724 g/mol. The van der Waals surface area contributed by atoms with Crippen LogP contribution in [-0.2, 0) is 18.9 Å². The second-order valence-electron chi connectivity index (χ2n) is 11.4. The Labute approximate surface area is 305 Å². The van der Waals surface area contributed by atoms with Gasteiger partial charge in [0.15, 0.2) is 5.96 Å². The van der Waals surface area contributed by atoms with Crippen LogP contribution in [0.4, 0.5) is 5.69 Å². The summed E-state index contributed by atoms with van der Waals surface area (Å²) < 4.78 is 21.7. The van der Waals surface area contributed by atoms with Crippen LogP contribution in [0.1, 0.15) is 41.0 Å². The summed E-state index contributed by atoms with van der Waals surface area (Å²) in [6, 6.07) is 15.9. The van der Waals surface area contributed by atoms with E-state index in [0.717, 1.165) is 6.42 Å². The lowest BCUT2D eigenvalue weighted by atomic mass is 10.1. The highest BCUT2D eigenvalue weighted by Crippen LogP contribution is 2.11. The molecule has 0 atom stereocenters. The molecule has 0 spiro atoms. The number of aliphatic imine (C=N–C) groups is 2. The Hall–Kier alpha value is -5.19. The van der Waals surface area contributed by atoms with Gasteiger partial charge in [-0.15, -0.1) is 0 Å². The van der Waals surface area contributed by atoms with E-state index < -0.39 is 0 Å². The lowest BCUT2D eigenvalue weighted by Crippen LogP contribution is -2.45. The molecule has 0 saturated heterocycles. The quantitative estimate of drug-likeness (QED) is 0.0207. The number of nitrogens with one attached hydrogen (secondary N) is 5. The normalized spacial score (nSPS) is 11.4. The van der Waals surface area contributed by atoms with Crippen LogP contribution in [0.3, 0.4) is 0 Å². The van der Waals surface area contributed by atoms with Gasteiger partial charge in [0.25, 0.3) is 11.8 Å². The number of ether oxygens (including phenoxy) is 4. The molecule has 7 N–H and O–H groups in total. The molecule has 2 rings (SSSR count). The highest BCUT2D eigenvalue weighted by Gasteiger charge is 2.08. The van der Waals surface area contributed by atoms with E-state index >= 15 is 0 Å². The van der Waals surface area contributed by atoms with E-state index in [-0.39, 0.29) is 24.3 Å². The predicted octanol–water partition coefficient (Wildman–Crippen LogP) is 3.00. The first-order valence-corrected chi connectivity index (χ1v) is 17.2. The van der Waals surface area contributed by atoms with E-state index in [1.165, 1.54) is 0 Å². The molecule has 2 amide bonds. The number of amides is 2. The first kappa shape index (κ1) is 43.0. The minimum absolute atomic E-state index is 0.137. The molecule has 284 valence electrons. The standard InChI is InChI=1S/C35H53N11O6/c1-27(2)13-14-41-35(45-34(36)40-17-21-51-24-23-49-19-15-38-32(47)29-7-5-4-6-8-29)44-28(3)43-31-11-9-30(10-12-31)33(48)39-16-20-50-25-26-52-22-18-42-46-37/h4-12,27,43H,3,13-26H2,1-2H3,(H,38,47)(H,39,48)(H4,36,40,41,44,45). The Balaban J connectivity index is 1.67. The number of guanidine groups is 2. The molecule has 0 aliphatic carbocycles. The van der Waals surface area contributed by atoms with Crippen molar-refractivity contribution < 1.29 is 28.5 Å².